The topological polar surface area (TPSA) is 83.6 Å². The number of amides is 1. The highest BCUT2D eigenvalue weighted by Crippen LogP contribution is 2.41. The van der Waals surface area contributed by atoms with E-state index in [0.717, 1.165) is 28.3 Å². The number of carbonyl (C=O) groups excluding carboxylic acids is 2. The lowest BCUT2D eigenvalue weighted by atomic mass is 10.0. The van der Waals surface area contributed by atoms with Crippen LogP contribution in [0.4, 0.5) is 0 Å². The molecule has 0 saturated carbocycles. The molecule has 0 aliphatic carbocycles. The molecule has 1 atom stereocenters. The Hall–Kier alpha value is -3.80. The number of benzene rings is 3. The molecule has 152 valence electrons. The van der Waals surface area contributed by atoms with Crippen LogP contribution in [0.2, 0.25) is 0 Å². The predicted molar refractivity (Wildman–Crippen MR) is 116 cm³/mol. The van der Waals surface area contributed by atoms with Crippen molar-refractivity contribution in [1.82, 2.24) is 4.57 Å². The van der Waals surface area contributed by atoms with E-state index in [-0.39, 0.29) is 0 Å². The van der Waals surface area contributed by atoms with Crippen molar-refractivity contribution in [2.75, 3.05) is 7.11 Å². The maximum Gasteiger partial charge on any atom is 0.249 e. The van der Waals surface area contributed by atoms with Crippen molar-refractivity contribution in [3.63, 3.8) is 0 Å². The molecular weight excluding hydrogens is 380 g/mol. The number of primary amides is 1. The predicted octanol–water partition coefficient (Wildman–Crippen LogP) is 3.92. The third kappa shape index (κ3) is 3.37. The maximum atomic E-state index is 12.2. The minimum absolute atomic E-state index is 0.401. The monoisotopic (exact) mass is 402 g/mol. The minimum atomic E-state index is -0.659. The van der Waals surface area contributed by atoms with Crippen LogP contribution in [0.25, 0.3) is 21.8 Å². The van der Waals surface area contributed by atoms with Gasteiger partial charge in [0.05, 0.1) is 23.5 Å². The molecule has 0 aliphatic rings. The second-order valence-corrected chi connectivity index (χ2v) is 7.11. The number of nitrogens with zero attached hydrogens (tertiary/aromatic N) is 1. The van der Waals surface area contributed by atoms with Crippen molar-refractivity contribution in [2.45, 2.75) is 19.6 Å². The van der Waals surface area contributed by atoms with Crippen LogP contribution in [0.15, 0.2) is 60.7 Å². The van der Waals surface area contributed by atoms with Crippen molar-refractivity contribution in [3.05, 3.63) is 71.8 Å². The molecule has 0 fully saturated rings. The fraction of sp³-hybridized carbons (Fsp3) is 0.167. The first-order valence-corrected chi connectivity index (χ1v) is 9.62. The Kier molecular flexibility index (Phi) is 5.14. The molecule has 1 unspecified atom stereocenters. The van der Waals surface area contributed by atoms with Crippen molar-refractivity contribution in [2.24, 2.45) is 5.73 Å². The molecule has 1 aromatic heterocycles. The van der Waals surface area contributed by atoms with Gasteiger partial charge in [-0.25, -0.2) is 0 Å². The van der Waals surface area contributed by atoms with Crippen LogP contribution >= 0.6 is 0 Å². The van der Waals surface area contributed by atoms with E-state index in [2.05, 4.69) is 4.57 Å². The summed E-state index contributed by atoms with van der Waals surface area (Å²) >= 11 is 0. The summed E-state index contributed by atoms with van der Waals surface area (Å²) in [4.78, 5) is 23.5. The Balaban J connectivity index is 2.11. The van der Waals surface area contributed by atoms with Crippen LogP contribution in [0.1, 0.15) is 22.8 Å². The average Bonchev–Trinajstić information content (AvgIpc) is 3.08. The van der Waals surface area contributed by atoms with Crippen molar-refractivity contribution in [3.8, 4) is 11.5 Å². The molecule has 6 nitrogen and oxygen atoms in total. The number of rotatable bonds is 7. The van der Waals surface area contributed by atoms with Gasteiger partial charge in [0, 0.05) is 29.6 Å². The van der Waals surface area contributed by atoms with Gasteiger partial charge in [0.2, 0.25) is 5.91 Å². The average molecular weight is 402 g/mol. The molecule has 0 radical (unpaired) electrons. The minimum Gasteiger partial charge on any atom is -0.497 e. The number of aldehydes is 1. The molecular formula is C24H22N2O4. The van der Waals surface area contributed by atoms with E-state index in [9.17, 15) is 9.59 Å². The summed E-state index contributed by atoms with van der Waals surface area (Å²) in [5, 5.41) is 1.43. The molecule has 6 heteroatoms. The zero-order chi connectivity index (χ0) is 21.3. The second-order valence-electron chi connectivity index (χ2n) is 7.11. The fourth-order valence-corrected chi connectivity index (χ4v) is 3.78. The summed E-state index contributed by atoms with van der Waals surface area (Å²) in [5.41, 5.74) is 8.88. The van der Waals surface area contributed by atoms with Crippen molar-refractivity contribution < 1.29 is 19.1 Å². The number of hydrogen-bond acceptors (Lipinski definition) is 4. The van der Waals surface area contributed by atoms with E-state index in [1.807, 2.05) is 48.5 Å². The number of methoxy groups -OCH3 is 1. The van der Waals surface area contributed by atoms with Crippen LogP contribution in [0, 0.1) is 0 Å². The summed E-state index contributed by atoms with van der Waals surface area (Å²) in [5.74, 6) is 0.535. The molecule has 4 aromatic rings. The van der Waals surface area contributed by atoms with Crippen molar-refractivity contribution in [1.29, 1.82) is 0 Å². The zero-order valence-corrected chi connectivity index (χ0v) is 16.8. The molecule has 1 heterocycles. The van der Waals surface area contributed by atoms with E-state index >= 15 is 0 Å². The first-order chi connectivity index (χ1) is 14.5. The summed E-state index contributed by atoms with van der Waals surface area (Å²) in [6, 6.07) is 19.1. The summed E-state index contributed by atoms with van der Waals surface area (Å²) in [6.45, 7) is 2.25. The Bertz CT molecular complexity index is 1240. The van der Waals surface area contributed by atoms with Crippen LogP contribution in [0.3, 0.4) is 0 Å². The Labute approximate surface area is 173 Å². The Morgan fingerprint density at radius 3 is 2.50 bits per heavy atom. The second kappa shape index (κ2) is 7.91. The van der Waals surface area contributed by atoms with E-state index in [1.165, 1.54) is 0 Å². The number of fused-ring (bicyclic) bond motifs is 3. The van der Waals surface area contributed by atoms with Crippen LogP contribution in [-0.4, -0.2) is 30.0 Å². The van der Waals surface area contributed by atoms with Crippen LogP contribution in [0.5, 0.6) is 11.5 Å². The van der Waals surface area contributed by atoms with Gasteiger partial charge in [0.1, 0.15) is 11.5 Å². The quantitative estimate of drug-likeness (QED) is 0.475. The smallest absolute Gasteiger partial charge is 0.249 e. The normalized spacial score (nSPS) is 12.1. The fourth-order valence-electron chi connectivity index (χ4n) is 3.78. The van der Waals surface area contributed by atoms with E-state index in [1.54, 1.807) is 26.2 Å². The van der Waals surface area contributed by atoms with Gasteiger partial charge in [0.25, 0.3) is 0 Å². The SMILES string of the molecule is COc1cc(OC(C)C=O)c2c3c(C(N)=O)cccc3n(Cc3ccccc3)c2c1. The van der Waals surface area contributed by atoms with Crippen LogP contribution in [-0.2, 0) is 11.3 Å². The molecule has 0 spiro atoms. The lowest BCUT2D eigenvalue weighted by Crippen LogP contribution is -2.13. The lowest BCUT2D eigenvalue weighted by molar-refractivity contribution is -0.113. The lowest BCUT2D eigenvalue weighted by Gasteiger charge is -2.13. The van der Waals surface area contributed by atoms with Crippen molar-refractivity contribution >= 4 is 34.0 Å². The van der Waals surface area contributed by atoms with Gasteiger partial charge in [-0.2, -0.15) is 0 Å². The van der Waals surface area contributed by atoms with Gasteiger partial charge in [-0.15, -0.1) is 0 Å². The third-order valence-electron chi connectivity index (χ3n) is 5.12. The zero-order valence-electron chi connectivity index (χ0n) is 16.8. The number of nitrogens with two attached hydrogens (primary N) is 1. The number of aromatic nitrogens is 1. The number of ether oxygens (including phenoxy) is 2. The number of carbonyl (C=O) groups is 2. The highest BCUT2D eigenvalue weighted by molar-refractivity contribution is 6.20. The van der Waals surface area contributed by atoms with Gasteiger partial charge >= 0.3 is 0 Å². The highest BCUT2D eigenvalue weighted by Gasteiger charge is 2.22. The maximum absolute atomic E-state index is 12.2. The molecule has 4 rings (SSSR count). The molecule has 0 saturated heterocycles. The summed E-state index contributed by atoms with van der Waals surface area (Å²) in [6.07, 6.45) is 0.0669. The first-order valence-electron chi connectivity index (χ1n) is 9.62. The van der Waals surface area contributed by atoms with Gasteiger partial charge in [-0.1, -0.05) is 36.4 Å². The Morgan fingerprint density at radius 2 is 1.83 bits per heavy atom. The van der Waals surface area contributed by atoms with E-state index < -0.39 is 12.0 Å². The molecule has 0 aliphatic heterocycles. The molecule has 0 bridgehead atoms. The summed E-state index contributed by atoms with van der Waals surface area (Å²) in [7, 11) is 1.58. The standard InChI is InChI=1S/C24H22N2O4/c1-15(14-27)30-21-12-17(29-2)11-20-23(21)22-18(24(25)28)9-6-10-19(22)26(20)13-16-7-4-3-5-8-16/h3-12,14-15H,13H2,1-2H3,(H2,25,28). The van der Waals surface area contributed by atoms with E-state index in [4.69, 9.17) is 15.2 Å². The highest BCUT2D eigenvalue weighted by atomic mass is 16.5. The molecule has 3 aromatic carbocycles. The summed E-state index contributed by atoms with van der Waals surface area (Å²) < 4.78 is 13.5. The largest absolute Gasteiger partial charge is 0.497 e. The van der Waals surface area contributed by atoms with Gasteiger partial charge in [-0.05, 0) is 24.6 Å². The Morgan fingerprint density at radius 1 is 1.07 bits per heavy atom. The van der Waals surface area contributed by atoms with Gasteiger partial charge in [0.15, 0.2) is 12.4 Å². The van der Waals surface area contributed by atoms with Crippen LogP contribution < -0.4 is 15.2 Å². The van der Waals surface area contributed by atoms with Gasteiger partial charge in [-0.3, -0.25) is 9.59 Å². The molecule has 2 N–H and O–H groups in total. The molecule has 1 amide bonds. The first kappa shape index (κ1) is 19.5. The number of hydrogen-bond donors (Lipinski definition) is 1. The third-order valence-corrected chi connectivity index (χ3v) is 5.12. The van der Waals surface area contributed by atoms with Gasteiger partial charge < -0.3 is 19.8 Å². The molecule has 30 heavy (non-hydrogen) atoms. The van der Waals surface area contributed by atoms with E-state index in [0.29, 0.717) is 29.0 Å².